The minimum Gasteiger partial charge on any atom is -0.493 e. The van der Waals surface area contributed by atoms with Gasteiger partial charge in [-0.05, 0) is 32.2 Å². The van der Waals surface area contributed by atoms with E-state index in [-0.39, 0.29) is 11.7 Å². The number of nitrogens with zero attached hydrogens (tertiary/aromatic N) is 3. The molecule has 1 atom stereocenters. The zero-order chi connectivity index (χ0) is 19.6. The van der Waals surface area contributed by atoms with Crippen molar-refractivity contribution >= 4 is 5.91 Å². The molecule has 1 saturated heterocycles. The van der Waals surface area contributed by atoms with Crippen molar-refractivity contribution in [2.24, 2.45) is 0 Å². The van der Waals surface area contributed by atoms with Crippen molar-refractivity contribution in [3.05, 3.63) is 29.5 Å². The first kappa shape index (κ1) is 19.2. The van der Waals surface area contributed by atoms with Crippen molar-refractivity contribution in [1.82, 2.24) is 15.0 Å². The number of benzene rings is 1. The average molecular weight is 375 g/mol. The van der Waals surface area contributed by atoms with Gasteiger partial charge in [0.15, 0.2) is 17.3 Å². The quantitative estimate of drug-likeness (QED) is 0.852. The van der Waals surface area contributed by atoms with Crippen molar-refractivity contribution in [2.45, 2.75) is 13.0 Å². The van der Waals surface area contributed by atoms with E-state index in [0.717, 1.165) is 13.1 Å². The predicted octanol–water partition coefficient (Wildman–Crippen LogP) is 1.80. The number of aliphatic hydroxyl groups excluding tert-OH is 1. The van der Waals surface area contributed by atoms with Crippen LogP contribution in [-0.2, 0) is 0 Å². The zero-order valence-electron chi connectivity index (χ0n) is 16.1. The summed E-state index contributed by atoms with van der Waals surface area (Å²) in [4.78, 5) is 17.1. The smallest absolute Gasteiger partial charge is 0.259 e. The standard InChI is InChI=1S/C19H25N3O5/c1-12(23)18-16(19(24)22-9-7-21(2)8-10-22)17(20-27-18)13-5-6-14(25-3)15(11-13)26-4/h5-6,11-12,23H,7-10H2,1-4H3/t12-/m0/s1. The Morgan fingerprint density at radius 3 is 2.44 bits per heavy atom. The van der Waals surface area contributed by atoms with E-state index in [1.54, 1.807) is 44.2 Å². The van der Waals surface area contributed by atoms with Gasteiger partial charge in [-0.2, -0.15) is 0 Å². The van der Waals surface area contributed by atoms with Gasteiger partial charge in [0.25, 0.3) is 5.91 Å². The Hall–Kier alpha value is -2.58. The Morgan fingerprint density at radius 1 is 1.19 bits per heavy atom. The van der Waals surface area contributed by atoms with Gasteiger partial charge in [-0.15, -0.1) is 0 Å². The average Bonchev–Trinajstić information content (AvgIpc) is 3.12. The van der Waals surface area contributed by atoms with Crippen molar-refractivity contribution in [3.8, 4) is 22.8 Å². The lowest BCUT2D eigenvalue weighted by molar-refractivity contribution is 0.0654. The van der Waals surface area contributed by atoms with Gasteiger partial charge in [0.1, 0.15) is 17.4 Å². The van der Waals surface area contributed by atoms with Crippen LogP contribution in [0.1, 0.15) is 29.1 Å². The van der Waals surface area contributed by atoms with Crippen molar-refractivity contribution in [3.63, 3.8) is 0 Å². The number of hydrogen-bond acceptors (Lipinski definition) is 7. The molecule has 3 rings (SSSR count). The predicted molar refractivity (Wildman–Crippen MR) is 99.1 cm³/mol. The summed E-state index contributed by atoms with van der Waals surface area (Å²) in [6.07, 6.45) is -0.946. The summed E-state index contributed by atoms with van der Waals surface area (Å²) < 4.78 is 16.0. The van der Waals surface area contributed by atoms with E-state index in [1.807, 2.05) is 7.05 Å². The number of carbonyl (C=O) groups is 1. The molecule has 0 saturated carbocycles. The lowest BCUT2D eigenvalue weighted by Gasteiger charge is -2.32. The first-order valence-electron chi connectivity index (χ1n) is 8.84. The number of piperazine rings is 1. The molecule has 0 unspecified atom stereocenters. The molecule has 8 heteroatoms. The molecule has 2 heterocycles. The fraction of sp³-hybridized carbons (Fsp3) is 0.474. The second-order valence-electron chi connectivity index (χ2n) is 6.61. The van der Waals surface area contributed by atoms with Crippen LogP contribution in [0.15, 0.2) is 22.7 Å². The van der Waals surface area contributed by atoms with E-state index in [0.29, 0.717) is 41.4 Å². The third kappa shape index (κ3) is 3.77. The zero-order valence-corrected chi connectivity index (χ0v) is 16.1. The van der Waals surface area contributed by atoms with Crippen molar-refractivity contribution < 1.29 is 23.9 Å². The number of amides is 1. The van der Waals surface area contributed by atoms with Crippen LogP contribution in [0.25, 0.3) is 11.3 Å². The lowest BCUT2D eigenvalue weighted by atomic mass is 10.0. The van der Waals surface area contributed by atoms with Crippen LogP contribution in [0.4, 0.5) is 0 Å². The summed E-state index contributed by atoms with van der Waals surface area (Å²) in [7, 11) is 5.13. The first-order chi connectivity index (χ1) is 13.0. The Labute approximate surface area is 158 Å². The van der Waals surface area contributed by atoms with E-state index >= 15 is 0 Å². The van der Waals surface area contributed by atoms with Crippen LogP contribution in [0.5, 0.6) is 11.5 Å². The maximum absolute atomic E-state index is 13.2. The molecule has 0 aliphatic carbocycles. The van der Waals surface area contributed by atoms with Crippen LogP contribution in [0.2, 0.25) is 0 Å². The van der Waals surface area contributed by atoms with Crippen LogP contribution >= 0.6 is 0 Å². The molecule has 146 valence electrons. The minimum atomic E-state index is -0.946. The highest BCUT2D eigenvalue weighted by atomic mass is 16.5. The number of aliphatic hydroxyl groups is 1. The third-order valence-electron chi connectivity index (χ3n) is 4.76. The fourth-order valence-corrected chi connectivity index (χ4v) is 3.14. The molecule has 1 aromatic carbocycles. The second-order valence-corrected chi connectivity index (χ2v) is 6.61. The van der Waals surface area contributed by atoms with E-state index in [1.165, 1.54) is 0 Å². The van der Waals surface area contributed by atoms with Gasteiger partial charge in [-0.3, -0.25) is 4.79 Å². The van der Waals surface area contributed by atoms with E-state index in [9.17, 15) is 9.90 Å². The molecule has 1 N–H and O–H groups in total. The third-order valence-corrected chi connectivity index (χ3v) is 4.76. The molecule has 1 aromatic heterocycles. The van der Waals surface area contributed by atoms with Gasteiger partial charge in [0.2, 0.25) is 0 Å². The molecule has 27 heavy (non-hydrogen) atoms. The number of methoxy groups -OCH3 is 2. The summed E-state index contributed by atoms with van der Waals surface area (Å²) in [5.74, 6) is 1.08. The maximum atomic E-state index is 13.2. The van der Waals surface area contributed by atoms with E-state index in [4.69, 9.17) is 14.0 Å². The molecule has 1 amide bonds. The SMILES string of the molecule is COc1ccc(-c2noc([C@H](C)O)c2C(=O)N2CCN(C)CC2)cc1OC. The number of carbonyl (C=O) groups excluding carboxylic acids is 1. The van der Waals surface area contributed by atoms with Gasteiger partial charge < -0.3 is 28.9 Å². The molecular formula is C19H25N3O5. The van der Waals surface area contributed by atoms with Gasteiger partial charge in [-0.25, -0.2) is 0 Å². The van der Waals surface area contributed by atoms with E-state index in [2.05, 4.69) is 10.1 Å². The highest BCUT2D eigenvalue weighted by Gasteiger charge is 2.31. The van der Waals surface area contributed by atoms with Crippen LogP contribution < -0.4 is 9.47 Å². The fourth-order valence-electron chi connectivity index (χ4n) is 3.14. The van der Waals surface area contributed by atoms with Gasteiger partial charge in [0.05, 0.1) is 14.2 Å². The molecule has 2 aromatic rings. The van der Waals surface area contributed by atoms with Crippen molar-refractivity contribution in [2.75, 3.05) is 47.4 Å². The molecule has 0 spiro atoms. The highest BCUT2D eigenvalue weighted by Crippen LogP contribution is 2.35. The Balaban J connectivity index is 2.03. The molecule has 1 aliphatic heterocycles. The second kappa shape index (κ2) is 7.98. The molecule has 0 radical (unpaired) electrons. The highest BCUT2D eigenvalue weighted by molar-refractivity contribution is 6.01. The van der Waals surface area contributed by atoms with Gasteiger partial charge in [0, 0.05) is 31.7 Å². The molecular weight excluding hydrogens is 350 g/mol. The molecule has 1 fully saturated rings. The van der Waals surface area contributed by atoms with Gasteiger partial charge in [-0.1, -0.05) is 5.16 Å². The molecule has 8 nitrogen and oxygen atoms in total. The van der Waals surface area contributed by atoms with Crippen LogP contribution in [-0.4, -0.2) is 73.4 Å². The van der Waals surface area contributed by atoms with E-state index < -0.39 is 6.10 Å². The van der Waals surface area contributed by atoms with Crippen molar-refractivity contribution in [1.29, 1.82) is 0 Å². The summed E-state index contributed by atoms with van der Waals surface area (Å²) >= 11 is 0. The number of rotatable bonds is 5. The number of likely N-dealkylation sites (N-methyl/N-ethyl adjacent to an activating group) is 1. The monoisotopic (exact) mass is 375 g/mol. The Bertz CT molecular complexity index is 810. The summed E-state index contributed by atoms with van der Waals surface area (Å²) in [6, 6.07) is 5.27. The largest absolute Gasteiger partial charge is 0.493 e. The minimum absolute atomic E-state index is 0.170. The topological polar surface area (TPSA) is 88.3 Å². The van der Waals surface area contributed by atoms with Crippen LogP contribution in [0, 0.1) is 0 Å². The number of hydrogen-bond donors (Lipinski definition) is 1. The summed E-state index contributed by atoms with van der Waals surface area (Å²) in [5.41, 5.74) is 1.33. The van der Waals surface area contributed by atoms with Gasteiger partial charge >= 0.3 is 0 Å². The normalized spacial score (nSPS) is 16.3. The molecule has 1 aliphatic rings. The maximum Gasteiger partial charge on any atom is 0.259 e. The number of ether oxygens (including phenoxy) is 2. The summed E-state index contributed by atoms with van der Waals surface area (Å²) in [5, 5.41) is 14.2. The van der Waals surface area contributed by atoms with Crippen LogP contribution in [0.3, 0.4) is 0 Å². The Kier molecular flexibility index (Phi) is 5.67. The first-order valence-corrected chi connectivity index (χ1v) is 8.84. The summed E-state index contributed by atoms with van der Waals surface area (Å²) in [6.45, 7) is 4.38. The lowest BCUT2D eigenvalue weighted by Crippen LogP contribution is -2.47. The molecule has 0 bridgehead atoms. The number of aromatic nitrogens is 1. The Morgan fingerprint density at radius 2 is 1.85 bits per heavy atom.